The molecule has 0 radical (unpaired) electrons. The topological polar surface area (TPSA) is 148 Å². The van der Waals surface area contributed by atoms with Crippen LogP contribution in [0, 0.1) is 11.8 Å². The van der Waals surface area contributed by atoms with E-state index in [-0.39, 0.29) is 31.3 Å². The van der Waals surface area contributed by atoms with Gasteiger partial charge in [0.15, 0.2) is 0 Å². The van der Waals surface area contributed by atoms with Crippen molar-refractivity contribution in [1.29, 1.82) is 0 Å². The van der Waals surface area contributed by atoms with Crippen molar-refractivity contribution in [2.75, 3.05) is 26.9 Å². The van der Waals surface area contributed by atoms with Gasteiger partial charge in [-0.1, -0.05) is 239 Å². The van der Waals surface area contributed by atoms with Crippen LogP contribution in [0.4, 0.5) is 0 Å². The summed E-state index contributed by atoms with van der Waals surface area (Å²) in [4.78, 5) is 0. The van der Waals surface area contributed by atoms with E-state index in [9.17, 15) is 5.11 Å². The van der Waals surface area contributed by atoms with Gasteiger partial charge in [0.2, 0.25) is 0 Å². The molecule has 3 saturated heterocycles. The Morgan fingerprint density at radius 3 is 1.34 bits per heavy atom. The van der Waals surface area contributed by atoms with Gasteiger partial charge in [0.1, 0.15) is 36.3 Å². The molecule has 0 saturated carbocycles. The van der Waals surface area contributed by atoms with E-state index >= 15 is 0 Å². The van der Waals surface area contributed by atoms with Crippen molar-refractivity contribution in [3.8, 4) is 5.75 Å². The van der Waals surface area contributed by atoms with Crippen LogP contribution in [0.5, 0.6) is 5.75 Å². The number of aliphatic hydroxyl groups excluding tert-OH is 1. The Labute approximate surface area is 547 Å². The number of methoxy groups -OCH3 is 1. The molecule has 0 aliphatic carbocycles. The first-order chi connectivity index (χ1) is 45.3. The van der Waals surface area contributed by atoms with Crippen molar-refractivity contribution < 1.29 is 57.2 Å². The summed E-state index contributed by atoms with van der Waals surface area (Å²) in [5, 5.41) is 13.4. The zero-order valence-corrected chi connectivity index (χ0v) is 54.1. The predicted molar refractivity (Wildman–Crippen MR) is 358 cm³/mol. The second-order valence-electron chi connectivity index (χ2n) is 25.3. The SMILES string of the molecule is COc1ccc(COCCCCCCCCCC[C@@H]2OC[C@@H](C[C@@H]3O[C@H](COCc4ccccc4)[C@H](OCc4ccccc4)[C@H](O)[C@H]3C[C@@H]3O[C@@H](C)[C@@H](OCc4ccccc4)[C@@H](OCc4ccccc4)[C@@H]3OCc3ccccc3)[C@H](OCc3ccccc3)[C@H]2N)cc1. The van der Waals surface area contributed by atoms with E-state index < -0.39 is 66.9 Å². The van der Waals surface area contributed by atoms with Crippen molar-refractivity contribution in [2.24, 2.45) is 17.6 Å². The van der Waals surface area contributed by atoms with E-state index in [4.69, 9.17) is 57.8 Å². The lowest BCUT2D eigenvalue weighted by Crippen LogP contribution is -2.63. The van der Waals surface area contributed by atoms with Crippen LogP contribution < -0.4 is 10.5 Å². The van der Waals surface area contributed by atoms with E-state index in [1.807, 2.05) is 133 Å². The molecule has 3 N–H and O–H groups in total. The second kappa shape index (κ2) is 37.7. The van der Waals surface area contributed by atoms with E-state index in [0.717, 1.165) is 77.0 Å². The summed E-state index contributed by atoms with van der Waals surface area (Å²) in [6.45, 7) is 6.08. The van der Waals surface area contributed by atoms with Gasteiger partial charge >= 0.3 is 0 Å². The van der Waals surface area contributed by atoms with Gasteiger partial charge in [-0.25, -0.2) is 0 Å². The lowest BCUT2D eigenvalue weighted by Gasteiger charge is -2.50. The van der Waals surface area contributed by atoms with E-state index in [0.29, 0.717) is 59.1 Å². The average molecular weight is 1250 g/mol. The molecule has 10 rings (SSSR count). The summed E-state index contributed by atoms with van der Waals surface area (Å²) < 4.78 is 74.6. The zero-order valence-electron chi connectivity index (χ0n) is 54.1. The molecule has 0 aromatic heterocycles. The molecular weight excluding hydrogens is 1150 g/mol. The van der Waals surface area contributed by atoms with Crippen molar-refractivity contribution in [1.82, 2.24) is 0 Å². The third kappa shape index (κ3) is 21.2. The fourth-order valence-corrected chi connectivity index (χ4v) is 13.3. The van der Waals surface area contributed by atoms with Crippen LogP contribution >= 0.6 is 0 Å². The van der Waals surface area contributed by atoms with Crippen LogP contribution in [0.1, 0.15) is 116 Å². The lowest BCUT2D eigenvalue weighted by atomic mass is 9.75. The van der Waals surface area contributed by atoms with Gasteiger partial charge in [-0.2, -0.15) is 0 Å². The Bertz CT molecular complexity index is 3060. The van der Waals surface area contributed by atoms with Crippen molar-refractivity contribution in [3.63, 3.8) is 0 Å². The second-order valence-corrected chi connectivity index (χ2v) is 25.3. The summed E-state index contributed by atoms with van der Waals surface area (Å²) in [6.07, 6.45) is 4.51. The van der Waals surface area contributed by atoms with Crippen LogP contribution in [-0.2, 0) is 93.6 Å². The number of hydrogen-bond donors (Lipinski definition) is 2. The minimum Gasteiger partial charge on any atom is -0.497 e. The molecule has 92 heavy (non-hydrogen) atoms. The predicted octanol–water partition coefficient (Wildman–Crippen LogP) is 14.5. The number of nitrogens with two attached hydrogens (primary N) is 1. The van der Waals surface area contributed by atoms with Gasteiger partial charge in [0.25, 0.3) is 0 Å². The molecule has 492 valence electrons. The maximum atomic E-state index is 13.4. The first-order valence-electron chi connectivity index (χ1n) is 33.8. The van der Waals surface area contributed by atoms with Crippen LogP contribution in [0.25, 0.3) is 0 Å². The van der Waals surface area contributed by atoms with Crippen LogP contribution in [0.3, 0.4) is 0 Å². The van der Waals surface area contributed by atoms with E-state index in [1.54, 1.807) is 7.11 Å². The molecule has 0 spiro atoms. The molecule has 0 bridgehead atoms. The summed E-state index contributed by atoms with van der Waals surface area (Å²) in [7, 11) is 1.68. The minimum atomic E-state index is -1.04. The van der Waals surface area contributed by atoms with Gasteiger partial charge in [-0.15, -0.1) is 0 Å². The van der Waals surface area contributed by atoms with Gasteiger partial charge in [0.05, 0.1) is 109 Å². The van der Waals surface area contributed by atoms with Crippen LogP contribution in [0.2, 0.25) is 0 Å². The number of aliphatic hydroxyl groups is 1. The summed E-state index contributed by atoms with van der Waals surface area (Å²) >= 11 is 0. The molecule has 3 heterocycles. The van der Waals surface area contributed by atoms with Gasteiger partial charge in [0, 0.05) is 18.4 Å². The fourth-order valence-electron chi connectivity index (χ4n) is 13.3. The molecule has 13 heteroatoms. The van der Waals surface area contributed by atoms with Crippen molar-refractivity contribution >= 4 is 0 Å². The lowest BCUT2D eigenvalue weighted by molar-refractivity contribution is -0.278. The number of rotatable bonds is 37. The Morgan fingerprint density at radius 1 is 0.402 bits per heavy atom. The maximum absolute atomic E-state index is 13.4. The fraction of sp³-hybridized carbons (Fsp3) is 0.468. The van der Waals surface area contributed by atoms with Crippen LogP contribution in [0.15, 0.2) is 206 Å². The Morgan fingerprint density at radius 2 is 0.826 bits per heavy atom. The molecule has 7 aromatic rings. The standard InChI is InChI=1S/C79H99NO12/c1-58-75(86-51-60-31-17-10-18-32-60)79(90-55-64-39-25-14-26-40-64)78(89-54-63-37-23-13-24-38-63)71(91-58)48-68-70(92-72(57-84-50-59-29-15-9-16-30-59)77(74(68)81)88-53-62-35-21-12-22-36-62)47-66-56-85-69(73(80)76(66)87-52-61-33-19-11-20-34-61)41-27-7-5-3-4-6-8-28-46-83-49-65-42-44-67(82-2)45-43-65/h9-26,29-40,42-45,58,66,68-79,81H,3-8,27-28,41,46-57,80H2,1-2H3/t58-,66+,68-,69-,70-,71-,72+,73-,74+,75+,76-,77-,78+,79+/m0/s1. The smallest absolute Gasteiger partial charge is 0.118 e. The monoisotopic (exact) mass is 1250 g/mol. The van der Waals surface area contributed by atoms with Crippen LogP contribution in [-0.4, -0.2) is 105 Å². The molecule has 14 atom stereocenters. The molecule has 13 nitrogen and oxygen atoms in total. The van der Waals surface area contributed by atoms with Gasteiger partial charge in [-0.05, 0) is 83.7 Å². The maximum Gasteiger partial charge on any atom is 0.118 e. The van der Waals surface area contributed by atoms with Crippen molar-refractivity contribution in [3.05, 3.63) is 245 Å². The highest BCUT2D eigenvalue weighted by atomic mass is 16.6. The molecule has 3 aliphatic heterocycles. The first-order valence-corrected chi connectivity index (χ1v) is 33.8. The average Bonchev–Trinajstić information content (AvgIpc) is 0.795. The summed E-state index contributed by atoms with van der Waals surface area (Å²) in [5.74, 6) is 0.123. The Hall–Kier alpha value is -6.14. The summed E-state index contributed by atoms with van der Waals surface area (Å²) in [6, 6.07) is 68.8. The van der Waals surface area contributed by atoms with Gasteiger partial charge in [-0.3, -0.25) is 0 Å². The number of benzene rings is 7. The molecule has 0 unspecified atom stereocenters. The number of hydrogen-bond acceptors (Lipinski definition) is 13. The largest absolute Gasteiger partial charge is 0.497 e. The third-order valence-corrected chi connectivity index (χ3v) is 18.4. The number of ether oxygens (including phenoxy) is 11. The molecular formula is C79H99NO12. The Kier molecular flexibility index (Phi) is 28.1. The molecule has 3 fully saturated rings. The minimum absolute atomic E-state index is 0.182. The molecule has 0 amide bonds. The highest BCUT2D eigenvalue weighted by Gasteiger charge is 2.53. The summed E-state index contributed by atoms with van der Waals surface area (Å²) in [5.41, 5.74) is 14.8. The van der Waals surface area contributed by atoms with E-state index in [1.165, 1.54) is 32.1 Å². The zero-order chi connectivity index (χ0) is 63.4. The van der Waals surface area contributed by atoms with Crippen molar-refractivity contribution in [2.45, 2.75) is 197 Å². The highest BCUT2D eigenvalue weighted by Crippen LogP contribution is 2.42. The first kappa shape index (κ1) is 68.7. The van der Waals surface area contributed by atoms with E-state index in [2.05, 4.69) is 79.7 Å². The highest BCUT2D eigenvalue weighted by molar-refractivity contribution is 5.27. The van der Waals surface area contributed by atoms with Gasteiger partial charge < -0.3 is 62.9 Å². The Balaban J connectivity index is 0.880. The number of unbranched alkanes of at least 4 members (excludes halogenated alkanes) is 7. The quantitative estimate of drug-likeness (QED) is 0.0356. The normalized spacial score (nSPS) is 25.7. The molecule has 7 aromatic carbocycles. The third-order valence-electron chi connectivity index (χ3n) is 18.4. The molecule has 3 aliphatic rings.